The lowest BCUT2D eigenvalue weighted by molar-refractivity contribution is 1.15. The minimum atomic E-state index is 0.580. The SMILES string of the molecule is Clc1ccc(CNc2ccc3cc(Br)ccc3c2)cc1Cl. The second-order valence-corrected chi connectivity index (χ2v) is 6.54. The average Bonchev–Trinajstić information content (AvgIpc) is 2.48. The highest BCUT2D eigenvalue weighted by molar-refractivity contribution is 9.10. The molecule has 0 atom stereocenters. The maximum Gasteiger partial charge on any atom is 0.0595 e. The molecular weight excluding hydrogens is 369 g/mol. The molecule has 3 rings (SSSR count). The van der Waals surface area contributed by atoms with E-state index < -0.39 is 0 Å². The van der Waals surface area contributed by atoms with E-state index >= 15 is 0 Å². The first-order valence-corrected chi connectivity index (χ1v) is 8.04. The van der Waals surface area contributed by atoms with E-state index in [9.17, 15) is 0 Å². The molecule has 0 saturated carbocycles. The third-order valence-electron chi connectivity index (χ3n) is 3.28. The summed E-state index contributed by atoms with van der Waals surface area (Å²) in [6.07, 6.45) is 0. The maximum absolute atomic E-state index is 6.02. The lowest BCUT2D eigenvalue weighted by Crippen LogP contribution is -1.99. The van der Waals surface area contributed by atoms with Gasteiger partial charge in [-0.3, -0.25) is 0 Å². The summed E-state index contributed by atoms with van der Waals surface area (Å²) in [6.45, 7) is 0.707. The van der Waals surface area contributed by atoms with E-state index in [1.807, 2.05) is 24.3 Å². The highest BCUT2D eigenvalue weighted by Crippen LogP contribution is 2.25. The molecule has 0 unspecified atom stereocenters. The van der Waals surface area contributed by atoms with Gasteiger partial charge in [0.1, 0.15) is 0 Å². The van der Waals surface area contributed by atoms with Crippen molar-refractivity contribution in [3.05, 3.63) is 74.7 Å². The van der Waals surface area contributed by atoms with Crippen LogP contribution < -0.4 is 5.32 Å². The van der Waals surface area contributed by atoms with E-state index in [-0.39, 0.29) is 0 Å². The summed E-state index contributed by atoms with van der Waals surface area (Å²) in [4.78, 5) is 0. The number of fused-ring (bicyclic) bond motifs is 1. The first-order chi connectivity index (χ1) is 10.1. The van der Waals surface area contributed by atoms with Crippen LogP contribution in [-0.4, -0.2) is 0 Å². The Balaban J connectivity index is 1.78. The van der Waals surface area contributed by atoms with Gasteiger partial charge in [0.25, 0.3) is 0 Å². The minimum absolute atomic E-state index is 0.580. The Kier molecular flexibility index (Phi) is 4.39. The first-order valence-electron chi connectivity index (χ1n) is 6.49. The molecule has 3 aromatic carbocycles. The molecule has 106 valence electrons. The molecule has 1 N–H and O–H groups in total. The van der Waals surface area contributed by atoms with Crippen molar-refractivity contribution in [2.45, 2.75) is 6.54 Å². The quantitative estimate of drug-likeness (QED) is 0.545. The number of anilines is 1. The molecule has 0 spiro atoms. The molecule has 1 nitrogen and oxygen atoms in total. The van der Waals surface area contributed by atoms with E-state index in [0.717, 1.165) is 15.7 Å². The summed E-state index contributed by atoms with van der Waals surface area (Å²) < 4.78 is 1.09. The van der Waals surface area contributed by atoms with Gasteiger partial charge in [0.2, 0.25) is 0 Å². The molecule has 0 aliphatic heterocycles. The van der Waals surface area contributed by atoms with Gasteiger partial charge in [-0.05, 0) is 52.7 Å². The molecule has 0 saturated heterocycles. The number of rotatable bonds is 3. The number of benzene rings is 3. The van der Waals surface area contributed by atoms with Gasteiger partial charge in [-0.15, -0.1) is 0 Å². The smallest absolute Gasteiger partial charge is 0.0595 e. The van der Waals surface area contributed by atoms with E-state index in [4.69, 9.17) is 23.2 Å². The molecule has 0 radical (unpaired) electrons. The van der Waals surface area contributed by atoms with Crippen LogP contribution in [-0.2, 0) is 6.54 Å². The average molecular weight is 381 g/mol. The Morgan fingerprint density at radius 3 is 2.38 bits per heavy atom. The molecule has 0 bridgehead atoms. The predicted molar refractivity (Wildman–Crippen MR) is 95.4 cm³/mol. The number of halogens is 3. The van der Waals surface area contributed by atoms with Crippen molar-refractivity contribution < 1.29 is 0 Å². The zero-order valence-corrected chi connectivity index (χ0v) is 14.1. The van der Waals surface area contributed by atoms with Gasteiger partial charge in [0, 0.05) is 16.7 Å². The van der Waals surface area contributed by atoms with Crippen molar-refractivity contribution in [2.24, 2.45) is 0 Å². The number of hydrogen-bond acceptors (Lipinski definition) is 1. The van der Waals surface area contributed by atoms with Crippen molar-refractivity contribution in [3.8, 4) is 0 Å². The molecule has 0 aromatic heterocycles. The highest BCUT2D eigenvalue weighted by Gasteiger charge is 2.01. The van der Waals surface area contributed by atoms with Gasteiger partial charge in [0.05, 0.1) is 10.0 Å². The maximum atomic E-state index is 6.02. The molecule has 0 aliphatic carbocycles. The van der Waals surface area contributed by atoms with E-state index in [0.29, 0.717) is 16.6 Å². The van der Waals surface area contributed by atoms with Crippen molar-refractivity contribution in [2.75, 3.05) is 5.32 Å². The standard InChI is InChI=1S/C17H12BrCl2N/c18-14-4-2-13-9-15(5-3-12(13)8-14)21-10-11-1-6-16(19)17(20)7-11/h1-9,21H,10H2. The summed E-state index contributed by atoms with van der Waals surface area (Å²) >= 11 is 15.4. The van der Waals surface area contributed by atoms with Crippen LogP contribution in [0.25, 0.3) is 10.8 Å². The van der Waals surface area contributed by atoms with Gasteiger partial charge in [-0.25, -0.2) is 0 Å². The summed E-state index contributed by atoms with van der Waals surface area (Å²) in [5, 5.41) is 6.98. The Bertz CT molecular complexity index is 802. The van der Waals surface area contributed by atoms with Crippen molar-refractivity contribution in [3.63, 3.8) is 0 Å². The highest BCUT2D eigenvalue weighted by atomic mass is 79.9. The fourth-order valence-corrected chi connectivity index (χ4v) is 2.88. The molecule has 0 fully saturated rings. The van der Waals surface area contributed by atoms with Gasteiger partial charge >= 0.3 is 0 Å². The molecule has 0 amide bonds. The van der Waals surface area contributed by atoms with Crippen LogP contribution in [0.5, 0.6) is 0 Å². The first kappa shape index (κ1) is 14.7. The second-order valence-electron chi connectivity index (χ2n) is 4.81. The van der Waals surface area contributed by atoms with Crippen molar-refractivity contribution in [1.29, 1.82) is 0 Å². The number of hydrogen-bond donors (Lipinski definition) is 1. The van der Waals surface area contributed by atoms with E-state index in [1.165, 1.54) is 10.8 Å². The molecule has 21 heavy (non-hydrogen) atoms. The molecule has 0 heterocycles. The van der Waals surface area contributed by atoms with Gasteiger partial charge in [0.15, 0.2) is 0 Å². The molecule has 4 heteroatoms. The monoisotopic (exact) mass is 379 g/mol. The fraction of sp³-hybridized carbons (Fsp3) is 0.0588. The Hall–Kier alpha value is -1.22. The summed E-state index contributed by atoms with van der Waals surface area (Å²) in [5.41, 5.74) is 2.18. The third kappa shape index (κ3) is 3.52. The van der Waals surface area contributed by atoms with Crippen LogP contribution in [0.1, 0.15) is 5.56 Å². The van der Waals surface area contributed by atoms with Crippen LogP contribution in [0, 0.1) is 0 Å². The molecule has 3 aromatic rings. The van der Waals surface area contributed by atoms with Crippen LogP contribution in [0.4, 0.5) is 5.69 Å². The Morgan fingerprint density at radius 1 is 0.810 bits per heavy atom. The van der Waals surface area contributed by atoms with Crippen molar-refractivity contribution in [1.82, 2.24) is 0 Å². The zero-order valence-electron chi connectivity index (χ0n) is 11.0. The molecule has 0 aliphatic rings. The van der Waals surface area contributed by atoms with Gasteiger partial charge < -0.3 is 5.32 Å². The summed E-state index contributed by atoms with van der Waals surface area (Å²) in [7, 11) is 0. The Morgan fingerprint density at radius 2 is 1.57 bits per heavy atom. The topological polar surface area (TPSA) is 12.0 Å². The summed E-state index contributed by atoms with van der Waals surface area (Å²) in [6, 6.07) is 18.3. The zero-order chi connectivity index (χ0) is 14.8. The lowest BCUT2D eigenvalue weighted by atomic mass is 10.1. The minimum Gasteiger partial charge on any atom is -0.381 e. The predicted octanol–water partition coefficient (Wildman–Crippen LogP) is 6.52. The van der Waals surface area contributed by atoms with E-state index in [2.05, 4.69) is 51.6 Å². The normalized spacial score (nSPS) is 10.8. The van der Waals surface area contributed by atoms with Crippen LogP contribution >= 0.6 is 39.1 Å². The third-order valence-corrected chi connectivity index (χ3v) is 4.52. The van der Waals surface area contributed by atoms with Gasteiger partial charge in [-0.1, -0.05) is 57.3 Å². The van der Waals surface area contributed by atoms with Crippen LogP contribution in [0.2, 0.25) is 10.0 Å². The van der Waals surface area contributed by atoms with Crippen LogP contribution in [0.15, 0.2) is 59.1 Å². The molecular formula is C17H12BrCl2N. The second kappa shape index (κ2) is 6.27. The van der Waals surface area contributed by atoms with Crippen molar-refractivity contribution >= 4 is 55.6 Å². The van der Waals surface area contributed by atoms with E-state index in [1.54, 1.807) is 0 Å². The number of nitrogens with one attached hydrogen (secondary N) is 1. The fourth-order valence-electron chi connectivity index (χ4n) is 2.18. The Labute approximate surface area is 142 Å². The summed E-state index contributed by atoms with van der Waals surface area (Å²) in [5.74, 6) is 0. The van der Waals surface area contributed by atoms with Gasteiger partial charge in [-0.2, -0.15) is 0 Å². The largest absolute Gasteiger partial charge is 0.381 e. The lowest BCUT2D eigenvalue weighted by Gasteiger charge is -2.09. The van der Waals surface area contributed by atoms with Crippen LogP contribution in [0.3, 0.4) is 0 Å².